The molecule has 2 amide bonds. The van der Waals surface area contributed by atoms with Gasteiger partial charge in [-0.1, -0.05) is 20.8 Å². The molecular formula is C13H23F3N2O. The molecule has 3 nitrogen and oxygen atoms in total. The molecule has 6 heteroatoms. The summed E-state index contributed by atoms with van der Waals surface area (Å²) >= 11 is 0. The fourth-order valence-corrected chi connectivity index (χ4v) is 2.52. The van der Waals surface area contributed by atoms with Gasteiger partial charge in [-0.05, 0) is 30.6 Å². The van der Waals surface area contributed by atoms with Crippen molar-refractivity contribution in [2.75, 3.05) is 13.6 Å². The molecule has 0 saturated heterocycles. The number of carbonyl (C=O) groups excluding carboxylic acids is 1. The molecule has 1 N–H and O–H groups in total. The SMILES string of the molecule is CN(CC(F)(F)F)C(=O)NC1CCC(C(C)(C)C)C1. The summed E-state index contributed by atoms with van der Waals surface area (Å²) in [5.74, 6) is 0.505. The maximum Gasteiger partial charge on any atom is 0.406 e. The van der Waals surface area contributed by atoms with E-state index in [2.05, 4.69) is 26.1 Å². The quantitative estimate of drug-likeness (QED) is 0.826. The van der Waals surface area contributed by atoms with Crippen molar-refractivity contribution in [3.05, 3.63) is 0 Å². The molecule has 1 aliphatic carbocycles. The zero-order chi connectivity index (χ0) is 14.8. The Bertz CT molecular complexity index is 323. The lowest BCUT2D eigenvalue weighted by molar-refractivity contribution is -0.137. The maximum absolute atomic E-state index is 12.2. The summed E-state index contributed by atoms with van der Waals surface area (Å²) in [6.45, 7) is 5.24. The van der Waals surface area contributed by atoms with Crippen molar-refractivity contribution in [1.29, 1.82) is 0 Å². The van der Waals surface area contributed by atoms with Gasteiger partial charge in [-0.2, -0.15) is 13.2 Å². The predicted octanol–water partition coefficient (Wildman–Crippen LogP) is 3.40. The van der Waals surface area contributed by atoms with Gasteiger partial charge in [0.1, 0.15) is 6.54 Å². The van der Waals surface area contributed by atoms with Crippen molar-refractivity contribution in [3.8, 4) is 0 Å². The van der Waals surface area contributed by atoms with Gasteiger partial charge in [-0.15, -0.1) is 0 Å². The average molecular weight is 280 g/mol. The molecule has 1 fully saturated rings. The molecule has 0 aromatic carbocycles. The summed E-state index contributed by atoms with van der Waals surface area (Å²) < 4.78 is 36.5. The van der Waals surface area contributed by atoms with E-state index in [1.54, 1.807) is 0 Å². The van der Waals surface area contributed by atoms with Crippen LogP contribution in [-0.2, 0) is 0 Å². The van der Waals surface area contributed by atoms with Gasteiger partial charge in [-0.25, -0.2) is 4.79 Å². The molecule has 0 radical (unpaired) electrons. The van der Waals surface area contributed by atoms with E-state index in [9.17, 15) is 18.0 Å². The second-order valence-corrected chi connectivity index (χ2v) is 6.49. The molecule has 0 spiro atoms. The first-order valence-electron chi connectivity index (χ1n) is 6.57. The van der Waals surface area contributed by atoms with Gasteiger partial charge in [-0.3, -0.25) is 0 Å². The molecule has 0 aliphatic heterocycles. The molecule has 1 rings (SSSR count). The number of amides is 2. The highest BCUT2D eigenvalue weighted by Gasteiger charge is 2.35. The third-order valence-corrected chi connectivity index (χ3v) is 3.75. The van der Waals surface area contributed by atoms with Crippen LogP contribution >= 0.6 is 0 Å². The maximum atomic E-state index is 12.2. The highest BCUT2D eigenvalue weighted by Crippen LogP contribution is 2.39. The number of nitrogens with zero attached hydrogens (tertiary/aromatic N) is 1. The van der Waals surface area contributed by atoms with Crippen LogP contribution in [-0.4, -0.2) is 36.7 Å². The first kappa shape index (κ1) is 16.1. The monoisotopic (exact) mass is 280 g/mol. The van der Waals surface area contributed by atoms with Gasteiger partial charge in [0.15, 0.2) is 0 Å². The molecule has 0 aromatic heterocycles. The molecule has 2 unspecified atom stereocenters. The van der Waals surface area contributed by atoms with E-state index < -0.39 is 18.8 Å². The molecule has 19 heavy (non-hydrogen) atoms. The van der Waals surface area contributed by atoms with Crippen molar-refractivity contribution < 1.29 is 18.0 Å². The molecular weight excluding hydrogens is 257 g/mol. The normalized spacial score (nSPS) is 24.4. The lowest BCUT2D eigenvalue weighted by Crippen LogP contribution is -2.45. The van der Waals surface area contributed by atoms with Crippen LogP contribution in [0.15, 0.2) is 0 Å². The molecule has 0 bridgehead atoms. The third-order valence-electron chi connectivity index (χ3n) is 3.75. The van der Waals surface area contributed by atoms with Gasteiger partial charge in [0, 0.05) is 13.1 Å². The van der Waals surface area contributed by atoms with Gasteiger partial charge in [0.25, 0.3) is 0 Å². The van der Waals surface area contributed by atoms with E-state index in [0.29, 0.717) is 10.8 Å². The van der Waals surface area contributed by atoms with Crippen LogP contribution in [0.4, 0.5) is 18.0 Å². The summed E-state index contributed by atoms with van der Waals surface area (Å²) in [7, 11) is 1.17. The number of carbonyl (C=O) groups is 1. The fourth-order valence-electron chi connectivity index (χ4n) is 2.52. The van der Waals surface area contributed by atoms with E-state index >= 15 is 0 Å². The Labute approximate surface area is 112 Å². The number of nitrogens with one attached hydrogen (secondary N) is 1. The Morgan fingerprint density at radius 2 is 1.84 bits per heavy atom. The van der Waals surface area contributed by atoms with E-state index in [0.717, 1.165) is 19.3 Å². The summed E-state index contributed by atoms with van der Waals surface area (Å²) in [5, 5.41) is 2.69. The molecule has 1 aliphatic rings. The number of alkyl halides is 3. The van der Waals surface area contributed by atoms with Crippen molar-refractivity contribution in [3.63, 3.8) is 0 Å². The molecule has 2 atom stereocenters. The second kappa shape index (κ2) is 5.59. The first-order chi connectivity index (χ1) is 8.49. The van der Waals surface area contributed by atoms with E-state index in [-0.39, 0.29) is 11.5 Å². The minimum Gasteiger partial charge on any atom is -0.335 e. The molecule has 1 saturated carbocycles. The van der Waals surface area contributed by atoms with Gasteiger partial charge in [0.2, 0.25) is 0 Å². The number of hydrogen-bond acceptors (Lipinski definition) is 1. The smallest absolute Gasteiger partial charge is 0.335 e. The van der Waals surface area contributed by atoms with Crippen LogP contribution in [0.3, 0.4) is 0 Å². The van der Waals surface area contributed by atoms with Crippen LogP contribution in [0, 0.1) is 11.3 Å². The zero-order valence-corrected chi connectivity index (χ0v) is 12.0. The Balaban J connectivity index is 2.43. The van der Waals surface area contributed by atoms with Crippen LogP contribution in [0.25, 0.3) is 0 Å². The Morgan fingerprint density at radius 1 is 1.26 bits per heavy atom. The lowest BCUT2D eigenvalue weighted by Gasteiger charge is -2.27. The Kier molecular flexibility index (Phi) is 4.74. The predicted molar refractivity (Wildman–Crippen MR) is 67.8 cm³/mol. The number of halogens is 3. The van der Waals surface area contributed by atoms with Crippen LogP contribution in [0.1, 0.15) is 40.0 Å². The summed E-state index contributed by atoms with van der Waals surface area (Å²) in [6, 6.07) is -0.649. The summed E-state index contributed by atoms with van der Waals surface area (Å²) in [6.07, 6.45) is -1.66. The molecule has 112 valence electrons. The largest absolute Gasteiger partial charge is 0.406 e. The van der Waals surface area contributed by atoms with Crippen LogP contribution in [0.5, 0.6) is 0 Å². The van der Waals surface area contributed by atoms with Crippen molar-refractivity contribution in [1.82, 2.24) is 10.2 Å². The topological polar surface area (TPSA) is 32.3 Å². The van der Waals surface area contributed by atoms with E-state index in [1.165, 1.54) is 7.05 Å². The molecule has 0 aromatic rings. The van der Waals surface area contributed by atoms with Crippen molar-refractivity contribution >= 4 is 6.03 Å². The lowest BCUT2D eigenvalue weighted by atomic mass is 9.80. The van der Waals surface area contributed by atoms with Gasteiger partial charge >= 0.3 is 12.2 Å². The minimum absolute atomic E-state index is 0.00703. The average Bonchev–Trinajstić information content (AvgIpc) is 2.62. The van der Waals surface area contributed by atoms with E-state index in [1.807, 2.05) is 0 Å². The number of hydrogen-bond donors (Lipinski definition) is 1. The Hall–Kier alpha value is -0.940. The van der Waals surface area contributed by atoms with Crippen LogP contribution < -0.4 is 5.32 Å². The molecule has 0 heterocycles. The fraction of sp³-hybridized carbons (Fsp3) is 0.923. The number of urea groups is 1. The Morgan fingerprint density at radius 3 is 2.26 bits per heavy atom. The second-order valence-electron chi connectivity index (χ2n) is 6.49. The minimum atomic E-state index is -4.35. The third kappa shape index (κ3) is 5.28. The van der Waals surface area contributed by atoms with Gasteiger partial charge < -0.3 is 10.2 Å². The van der Waals surface area contributed by atoms with Crippen LogP contribution in [0.2, 0.25) is 0 Å². The summed E-state index contributed by atoms with van der Waals surface area (Å²) in [5.41, 5.74) is 0.178. The van der Waals surface area contributed by atoms with E-state index in [4.69, 9.17) is 0 Å². The highest BCUT2D eigenvalue weighted by molar-refractivity contribution is 5.74. The van der Waals surface area contributed by atoms with Crippen molar-refractivity contribution in [2.24, 2.45) is 11.3 Å². The highest BCUT2D eigenvalue weighted by atomic mass is 19.4. The summed E-state index contributed by atoms with van der Waals surface area (Å²) in [4.78, 5) is 12.3. The zero-order valence-electron chi connectivity index (χ0n) is 12.0. The van der Waals surface area contributed by atoms with Gasteiger partial charge in [0.05, 0.1) is 0 Å². The number of rotatable bonds is 2. The standard InChI is InChI=1S/C13H23F3N2O/c1-12(2,3)9-5-6-10(7-9)17-11(19)18(4)8-13(14,15)16/h9-10H,5-8H2,1-4H3,(H,17,19). The van der Waals surface area contributed by atoms with Crippen molar-refractivity contribution in [2.45, 2.75) is 52.3 Å². The first-order valence-corrected chi connectivity index (χ1v) is 6.57.